The molecule has 82 valence electrons. The molecule has 4 heteroatoms. The van der Waals surface area contributed by atoms with E-state index in [2.05, 4.69) is 5.32 Å². The van der Waals surface area contributed by atoms with Gasteiger partial charge in [0.25, 0.3) is 0 Å². The molecule has 1 aromatic carbocycles. The van der Waals surface area contributed by atoms with Crippen molar-refractivity contribution in [2.75, 3.05) is 13.7 Å². The third kappa shape index (κ3) is 3.44. The van der Waals surface area contributed by atoms with Gasteiger partial charge in [0, 0.05) is 17.1 Å². The first-order chi connectivity index (χ1) is 7.17. The topological polar surface area (TPSA) is 38.3 Å². The molecule has 1 rings (SSSR count). The zero-order valence-electron chi connectivity index (χ0n) is 8.84. The van der Waals surface area contributed by atoms with Crippen LogP contribution in [0.5, 0.6) is 5.75 Å². The monoisotopic (exact) mass is 227 g/mol. The Labute approximate surface area is 94.4 Å². The van der Waals surface area contributed by atoms with E-state index in [1.54, 1.807) is 25.3 Å². The molecule has 0 heterocycles. The van der Waals surface area contributed by atoms with Crippen LogP contribution in [0.4, 0.5) is 0 Å². The first-order valence-corrected chi connectivity index (χ1v) is 5.14. The number of hydrogen-bond donors (Lipinski definition) is 1. The van der Waals surface area contributed by atoms with Gasteiger partial charge in [0.1, 0.15) is 5.75 Å². The molecule has 0 radical (unpaired) electrons. The van der Waals surface area contributed by atoms with E-state index < -0.39 is 0 Å². The summed E-state index contributed by atoms with van der Waals surface area (Å²) in [4.78, 5) is 11.4. The molecule has 15 heavy (non-hydrogen) atoms. The van der Waals surface area contributed by atoms with Crippen LogP contribution in [0.1, 0.15) is 12.5 Å². The second kappa shape index (κ2) is 5.61. The summed E-state index contributed by atoms with van der Waals surface area (Å²) in [6, 6.07) is 5.24. The van der Waals surface area contributed by atoms with Gasteiger partial charge in [0.2, 0.25) is 5.91 Å². The molecule has 3 nitrogen and oxygen atoms in total. The summed E-state index contributed by atoms with van der Waals surface area (Å²) in [6.45, 7) is 2.51. The smallest absolute Gasteiger partial charge is 0.224 e. The molecule has 0 spiro atoms. The van der Waals surface area contributed by atoms with Gasteiger partial charge in [-0.15, -0.1) is 0 Å². The number of halogens is 1. The highest BCUT2D eigenvalue weighted by molar-refractivity contribution is 6.30. The van der Waals surface area contributed by atoms with Crippen LogP contribution in [0.3, 0.4) is 0 Å². The molecule has 0 atom stereocenters. The average Bonchev–Trinajstić information content (AvgIpc) is 2.18. The predicted octanol–water partition coefficient (Wildman–Crippen LogP) is 2.03. The number of amides is 1. The molecule has 0 fully saturated rings. The Morgan fingerprint density at radius 1 is 1.53 bits per heavy atom. The highest BCUT2D eigenvalue weighted by Crippen LogP contribution is 2.22. The van der Waals surface area contributed by atoms with E-state index in [9.17, 15) is 4.79 Å². The Balaban J connectivity index is 2.82. The third-order valence-electron chi connectivity index (χ3n) is 1.97. The molecule has 1 N–H and O–H groups in total. The van der Waals surface area contributed by atoms with E-state index in [1.807, 2.05) is 6.92 Å². The lowest BCUT2D eigenvalue weighted by Crippen LogP contribution is -2.24. The summed E-state index contributed by atoms with van der Waals surface area (Å²) >= 11 is 5.85. The van der Waals surface area contributed by atoms with Crippen molar-refractivity contribution >= 4 is 17.5 Å². The van der Waals surface area contributed by atoms with Crippen LogP contribution in [-0.4, -0.2) is 19.6 Å². The normalized spacial score (nSPS) is 9.80. The Morgan fingerprint density at radius 3 is 2.87 bits per heavy atom. The van der Waals surface area contributed by atoms with Crippen LogP contribution in [0.25, 0.3) is 0 Å². The van der Waals surface area contributed by atoms with Crippen molar-refractivity contribution in [3.63, 3.8) is 0 Å². The van der Waals surface area contributed by atoms with Crippen LogP contribution < -0.4 is 10.1 Å². The van der Waals surface area contributed by atoms with Crippen molar-refractivity contribution in [3.05, 3.63) is 28.8 Å². The molecule has 0 aromatic heterocycles. The Morgan fingerprint density at radius 2 is 2.27 bits per heavy atom. The second-order valence-corrected chi connectivity index (χ2v) is 3.52. The second-order valence-electron chi connectivity index (χ2n) is 3.09. The zero-order chi connectivity index (χ0) is 11.3. The van der Waals surface area contributed by atoms with E-state index in [0.29, 0.717) is 17.3 Å². The summed E-state index contributed by atoms with van der Waals surface area (Å²) < 4.78 is 5.14. The quantitative estimate of drug-likeness (QED) is 0.855. The van der Waals surface area contributed by atoms with Gasteiger partial charge in [0.15, 0.2) is 0 Å². The van der Waals surface area contributed by atoms with Gasteiger partial charge in [-0.1, -0.05) is 11.6 Å². The minimum atomic E-state index is -0.0296. The van der Waals surface area contributed by atoms with Crippen LogP contribution in [0.2, 0.25) is 5.02 Å². The number of methoxy groups -OCH3 is 1. The van der Waals surface area contributed by atoms with Crippen molar-refractivity contribution in [3.8, 4) is 5.75 Å². The number of rotatable bonds is 4. The maximum Gasteiger partial charge on any atom is 0.224 e. The molecule has 0 bridgehead atoms. The standard InChI is InChI=1S/C11H14ClNO2/c1-3-13-11(14)7-8-6-9(12)4-5-10(8)15-2/h4-6H,3,7H2,1-2H3,(H,13,14). The predicted molar refractivity (Wildman–Crippen MR) is 60.4 cm³/mol. The van der Waals surface area contributed by atoms with E-state index in [-0.39, 0.29) is 12.3 Å². The number of benzene rings is 1. The molecule has 1 amide bonds. The Bertz CT molecular complexity index is 352. The minimum Gasteiger partial charge on any atom is -0.496 e. The summed E-state index contributed by atoms with van der Waals surface area (Å²) in [5, 5.41) is 3.33. The molecule has 0 saturated heterocycles. The number of carbonyl (C=O) groups is 1. The van der Waals surface area contributed by atoms with Crippen molar-refractivity contribution in [2.24, 2.45) is 0 Å². The van der Waals surface area contributed by atoms with Crippen molar-refractivity contribution < 1.29 is 9.53 Å². The molecular formula is C11H14ClNO2. The Kier molecular flexibility index (Phi) is 4.43. The molecular weight excluding hydrogens is 214 g/mol. The SMILES string of the molecule is CCNC(=O)Cc1cc(Cl)ccc1OC. The zero-order valence-corrected chi connectivity index (χ0v) is 9.60. The van der Waals surface area contributed by atoms with Crippen molar-refractivity contribution in [1.29, 1.82) is 0 Å². The maximum absolute atomic E-state index is 11.4. The van der Waals surface area contributed by atoms with Gasteiger partial charge in [0.05, 0.1) is 13.5 Å². The van der Waals surface area contributed by atoms with Crippen LogP contribution >= 0.6 is 11.6 Å². The van der Waals surface area contributed by atoms with Gasteiger partial charge in [-0.05, 0) is 25.1 Å². The van der Waals surface area contributed by atoms with E-state index in [0.717, 1.165) is 5.56 Å². The molecule has 0 aliphatic rings. The lowest BCUT2D eigenvalue weighted by atomic mass is 10.1. The first-order valence-electron chi connectivity index (χ1n) is 4.76. The number of likely N-dealkylation sites (N-methyl/N-ethyl adjacent to an activating group) is 1. The number of ether oxygens (including phenoxy) is 1. The summed E-state index contributed by atoms with van der Waals surface area (Å²) in [5.41, 5.74) is 0.802. The fourth-order valence-electron chi connectivity index (χ4n) is 1.32. The van der Waals surface area contributed by atoms with Crippen LogP contribution in [-0.2, 0) is 11.2 Å². The lowest BCUT2D eigenvalue weighted by molar-refractivity contribution is -0.120. The highest BCUT2D eigenvalue weighted by Gasteiger charge is 2.08. The maximum atomic E-state index is 11.4. The average molecular weight is 228 g/mol. The molecule has 1 aromatic rings. The van der Waals surface area contributed by atoms with Gasteiger partial charge in [-0.25, -0.2) is 0 Å². The largest absolute Gasteiger partial charge is 0.496 e. The van der Waals surface area contributed by atoms with E-state index in [4.69, 9.17) is 16.3 Å². The fraction of sp³-hybridized carbons (Fsp3) is 0.364. The molecule has 0 saturated carbocycles. The minimum absolute atomic E-state index is 0.0296. The van der Waals surface area contributed by atoms with E-state index >= 15 is 0 Å². The fourth-order valence-corrected chi connectivity index (χ4v) is 1.51. The molecule has 0 unspecified atom stereocenters. The van der Waals surface area contributed by atoms with Crippen LogP contribution in [0.15, 0.2) is 18.2 Å². The molecule has 0 aliphatic heterocycles. The van der Waals surface area contributed by atoms with Gasteiger partial charge < -0.3 is 10.1 Å². The number of carbonyl (C=O) groups excluding carboxylic acids is 1. The van der Waals surface area contributed by atoms with Crippen LogP contribution in [0, 0.1) is 0 Å². The van der Waals surface area contributed by atoms with Gasteiger partial charge in [-0.2, -0.15) is 0 Å². The Hall–Kier alpha value is -1.22. The van der Waals surface area contributed by atoms with Gasteiger partial charge >= 0.3 is 0 Å². The first kappa shape index (κ1) is 11.9. The summed E-state index contributed by atoms with van der Waals surface area (Å²) in [6.07, 6.45) is 0.289. The summed E-state index contributed by atoms with van der Waals surface area (Å²) in [7, 11) is 1.57. The third-order valence-corrected chi connectivity index (χ3v) is 2.20. The van der Waals surface area contributed by atoms with E-state index in [1.165, 1.54) is 0 Å². The lowest BCUT2D eigenvalue weighted by Gasteiger charge is -2.08. The van der Waals surface area contributed by atoms with Gasteiger partial charge in [-0.3, -0.25) is 4.79 Å². The van der Waals surface area contributed by atoms with Crippen molar-refractivity contribution in [2.45, 2.75) is 13.3 Å². The number of nitrogens with one attached hydrogen (secondary N) is 1. The highest BCUT2D eigenvalue weighted by atomic mass is 35.5. The number of hydrogen-bond acceptors (Lipinski definition) is 2. The summed E-state index contributed by atoms with van der Waals surface area (Å²) in [5.74, 6) is 0.656. The molecule has 0 aliphatic carbocycles. The van der Waals surface area contributed by atoms with Crippen molar-refractivity contribution in [1.82, 2.24) is 5.32 Å².